The second-order valence-corrected chi connectivity index (χ2v) is 3.70. The van der Waals surface area contributed by atoms with Gasteiger partial charge < -0.3 is 5.32 Å². The second kappa shape index (κ2) is 4.25. The number of benzene rings is 1. The van der Waals surface area contributed by atoms with Crippen LogP contribution in [0, 0.1) is 0 Å². The summed E-state index contributed by atoms with van der Waals surface area (Å²) in [6, 6.07) is 7.45. The predicted octanol–water partition coefficient (Wildman–Crippen LogP) is 1.61. The first-order valence-corrected chi connectivity index (χ1v) is 5.34. The van der Waals surface area contributed by atoms with Crippen molar-refractivity contribution >= 4 is 22.5 Å². The van der Waals surface area contributed by atoms with Crippen LogP contribution in [0.3, 0.4) is 0 Å². The molecule has 0 radical (unpaired) electrons. The lowest BCUT2D eigenvalue weighted by Crippen LogP contribution is -2.13. The van der Waals surface area contributed by atoms with E-state index in [-0.39, 0.29) is 5.91 Å². The Morgan fingerprint density at radius 1 is 1.17 bits per heavy atom. The van der Waals surface area contributed by atoms with E-state index in [1.807, 2.05) is 24.3 Å². The summed E-state index contributed by atoms with van der Waals surface area (Å²) >= 11 is 0. The highest BCUT2D eigenvalue weighted by atomic mass is 16.1. The summed E-state index contributed by atoms with van der Waals surface area (Å²) in [4.78, 5) is 19.7. The highest BCUT2D eigenvalue weighted by Crippen LogP contribution is 2.16. The van der Waals surface area contributed by atoms with Crippen LogP contribution in [-0.2, 0) is 0 Å². The molecule has 0 spiro atoms. The van der Waals surface area contributed by atoms with Gasteiger partial charge >= 0.3 is 0 Å². The number of hydrogen-bond donors (Lipinski definition) is 2. The van der Waals surface area contributed by atoms with E-state index in [2.05, 4.69) is 25.5 Å². The van der Waals surface area contributed by atoms with Crippen LogP contribution < -0.4 is 5.32 Å². The van der Waals surface area contributed by atoms with E-state index < -0.39 is 0 Å². The molecule has 0 saturated carbocycles. The minimum absolute atomic E-state index is 0.290. The monoisotopic (exact) mass is 239 g/mol. The molecule has 88 valence electrons. The lowest BCUT2D eigenvalue weighted by Gasteiger charge is -2.01. The van der Waals surface area contributed by atoms with Crippen LogP contribution in [0.5, 0.6) is 0 Å². The fourth-order valence-electron chi connectivity index (χ4n) is 1.69. The lowest BCUT2D eigenvalue weighted by atomic mass is 10.2. The molecule has 0 aliphatic heterocycles. The highest BCUT2D eigenvalue weighted by Gasteiger charge is 2.13. The first kappa shape index (κ1) is 10.4. The second-order valence-electron chi connectivity index (χ2n) is 3.70. The predicted molar refractivity (Wildman–Crippen MR) is 66.1 cm³/mol. The van der Waals surface area contributed by atoms with Crippen molar-refractivity contribution in [2.45, 2.75) is 0 Å². The molecule has 1 amide bonds. The summed E-state index contributed by atoms with van der Waals surface area (Å²) in [5.41, 5.74) is 1.72. The third-order valence-electron chi connectivity index (χ3n) is 2.50. The molecule has 3 aromatic rings. The van der Waals surface area contributed by atoms with Crippen molar-refractivity contribution in [2.24, 2.45) is 0 Å². The van der Waals surface area contributed by atoms with Crippen LogP contribution in [0.4, 0.5) is 5.69 Å². The molecular formula is C12H9N5O. The number of anilines is 1. The molecule has 2 aromatic heterocycles. The Bertz CT molecular complexity index is 692. The largest absolute Gasteiger partial charge is 0.318 e. The summed E-state index contributed by atoms with van der Waals surface area (Å²) in [5, 5.41) is 10.3. The third-order valence-corrected chi connectivity index (χ3v) is 2.50. The molecule has 0 atom stereocenters. The van der Waals surface area contributed by atoms with Crippen LogP contribution >= 0.6 is 0 Å². The van der Waals surface area contributed by atoms with Crippen molar-refractivity contribution < 1.29 is 4.79 Å². The van der Waals surface area contributed by atoms with Gasteiger partial charge in [-0.2, -0.15) is 5.10 Å². The number of carbonyl (C=O) groups excluding carboxylic acids is 1. The molecule has 6 heteroatoms. The van der Waals surface area contributed by atoms with Crippen LogP contribution in [0.1, 0.15) is 10.5 Å². The van der Waals surface area contributed by atoms with Gasteiger partial charge in [-0.3, -0.25) is 9.89 Å². The van der Waals surface area contributed by atoms with Crippen LogP contribution in [0.25, 0.3) is 10.9 Å². The third kappa shape index (κ3) is 1.80. The van der Waals surface area contributed by atoms with Crippen molar-refractivity contribution in [1.29, 1.82) is 0 Å². The number of carbonyl (C=O) groups is 1. The van der Waals surface area contributed by atoms with Gasteiger partial charge in [0.05, 0.1) is 23.6 Å². The molecule has 6 nitrogen and oxygen atoms in total. The molecule has 1 aromatic carbocycles. The van der Waals surface area contributed by atoms with Crippen molar-refractivity contribution in [3.63, 3.8) is 0 Å². The quantitative estimate of drug-likeness (QED) is 0.711. The van der Waals surface area contributed by atoms with E-state index >= 15 is 0 Å². The minimum Gasteiger partial charge on any atom is -0.318 e. The summed E-state index contributed by atoms with van der Waals surface area (Å²) in [5.74, 6) is -0.290. The zero-order chi connectivity index (χ0) is 12.4. The van der Waals surface area contributed by atoms with Crippen molar-refractivity contribution in [1.82, 2.24) is 20.2 Å². The number of H-pyrrole nitrogens is 1. The number of nitrogens with zero attached hydrogens (tertiary/aromatic N) is 3. The van der Waals surface area contributed by atoms with E-state index in [1.165, 1.54) is 18.7 Å². The van der Waals surface area contributed by atoms with Crippen LogP contribution in [0.2, 0.25) is 0 Å². The van der Waals surface area contributed by atoms with Gasteiger partial charge in [-0.15, -0.1) is 0 Å². The number of nitrogens with one attached hydrogen (secondary N) is 2. The molecule has 2 N–H and O–H groups in total. The van der Waals surface area contributed by atoms with E-state index in [9.17, 15) is 4.79 Å². The average Bonchev–Trinajstić information content (AvgIpc) is 2.84. The van der Waals surface area contributed by atoms with E-state index in [0.717, 1.165) is 10.9 Å². The lowest BCUT2D eigenvalue weighted by molar-refractivity contribution is 0.102. The zero-order valence-corrected chi connectivity index (χ0v) is 9.29. The van der Waals surface area contributed by atoms with Gasteiger partial charge in [-0.05, 0) is 6.07 Å². The molecule has 18 heavy (non-hydrogen) atoms. The molecular weight excluding hydrogens is 230 g/mol. The number of rotatable bonds is 2. The van der Waals surface area contributed by atoms with E-state index in [1.54, 1.807) is 0 Å². The van der Waals surface area contributed by atoms with Gasteiger partial charge in [0.25, 0.3) is 5.91 Å². The number of aromatic amines is 1. The van der Waals surface area contributed by atoms with Gasteiger partial charge in [0.1, 0.15) is 6.33 Å². The minimum atomic E-state index is -0.290. The number of amides is 1. The van der Waals surface area contributed by atoms with E-state index in [0.29, 0.717) is 11.4 Å². The molecule has 0 aliphatic rings. The Hall–Kier alpha value is -2.76. The van der Waals surface area contributed by atoms with Gasteiger partial charge in [0.15, 0.2) is 5.69 Å². The molecule has 0 aliphatic carbocycles. The first-order valence-electron chi connectivity index (χ1n) is 5.34. The molecule has 0 unspecified atom stereocenters. The Morgan fingerprint density at radius 2 is 1.94 bits per heavy atom. The Labute approximate surface area is 102 Å². The topological polar surface area (TPSA) is 83.6 Å². The Kier molecular flexibility index (Phi) is 2.45. The van der Waals surface area contributed by atoms with Crippen LogP contribution in [0.15, 0.2) is 43.0 Å². The summed E-state index contributed by atoms with van der Waals surface area (Å²) < 4.78 is 0. The highest BCUT2D eigenvalue weighted by molar-refractivity contribution is 6.10. The number of para-hydroxylation sites is 1. The summed E-state index contributed by atoms with van der Waals surface area (Å²) in [6.07, 6.45) is 4.46. The molecule has 0 saturated heterocycles. The van der Waals surface area contributed by atoms with Crippen molar-refractivity contribution in [3.05, 3.63) is 48.7 Å². The van der Waals surface area contributed by atoms with Crippen molar-refractivity contribution in [2.75, 3.05) is 5.32 Å². The smallest absolute Gasteiger partial charge is 0.276 e. The number of aromatic nitrogens is 4. The maximum atomic E-state index is 12.0. The molecule has 0 fully saturated rings. The molecule has 2 heterocycles. The zero-order valence-electron chi connectivity index (χ0n) is 9.29. The van der Waals surface area contributed by atoms with Gasteiger partial charge in [-0.1, -0.05) is 18.2 Å². The van der Waals surface area contributed by atoms with Crippen molar-refractivity contribution in [3.8, 4) is 0 Å². The van der Waals surface area contributed by atoms with Gasteiger partial charge in [0.2, 0.25) is 0 Å². The van der Waals surface area contributed by atoms with Gasteiger partial charge in [0, 0.05) is 5.39 Å². The molecule has 3 rings (SSSR count). The Balaban J connectivity index is 1.93. The molecule has 0 bridgehead atoms. The fraction of sp³-hybridized carbons (Fsp3) is 0. The fourth-order valence-corrected chi connectivity index (χ4v) is 1.69. The summed E-state index contributed by atoms with van der Waals surface area (Å²) in [7, 11) is 0. The maximum absolute atomic E-state index is 12.0. The van der Waals surface area contributed by atoms with E-state index in [4.69, 9.17) is 0 Å². The standard InChI is InChI=1S/C12H9N5O/c18-12(15-8-5-13-7-14-6-8)11-9-3-1-2-4-10(9)16-17-11/h1-7H,(H,15,18)(H,16,17). The van der Waals surface area contributed by atoms with Gasteiger partial charge in [-0.25, -0.2) is 9.97 Å². The van der Waals surface area contributed by atoms with Crippen LogP contribution in [-0.4, -0.2) is 26.1 Å². The number of hydrogen-bond acceptors (Lipinski definition) is 4. The Morgan fingerprint density at radius 3 is 2.78 bits per heavy atom. The first-order chi connectivity index (χ1) is 8.84. The maximum Gasteiger partial charge on any atom is 0.276 e. The average molecular weight is 239 g/mol. The number of fused-ring (bicyclic) bond motifs is 1. The SMILES string of the molecule is O=C(Nc1cncnc1)c1n[nH]c2ccccc12. The summed E-state index contributed by atoms with van der Waals surface area (Å²) in [6.45, 7) is 0. The normalized spacial score (nSPS) is 10.4.